The zero-order chi connectivity index (χ0) is 19.2. The second-order valence-electron chi connectivity index (χ2n) is 7.19. The molecule has 1 amide bonds. The minimum Gasteiger partial charge on any atom is -0.378 e. The van der Waals surface area contributed by atoms with E-state index >= 15 is 0 Å². The van der Waals surface area contributed by atoms with Crippen LogP contribution in [0.1, 0.15) is 37.2 Å². The van der Waals surface area contributed by atoms with E-state index in [1.54, 1.807) is 0 Å². The second-order valence-corrected chi connectivity index (χ2v) is 7.92. The summed E-state index contributed by atoms with van der Waals surface area (Å²) in [5.74, 6) is 1.03. The molecule has 0 radical (unpaired) electrons. The van der Waals surface area contributed by atoms with Gasteiger partial charge >= 0.3 is 0 Å². The van der Waals surface area contributed by atoms with E-state index in [4.69, 9.17) is 9.72 Å². The fourth-order valence-electron chi connectivity index (χ4n) is 3.08. The number of carbonyl (C=O) groups excluding carboxylic acids is 1. The van der Waals surface area contributed by atoms with Gasteiger partial charge in [-0.2, -0.15) is 4.37 Å². The van der Waals surface area contributed by atoms with Crippen molar-refractivity contribution in [1.82, 2.24) is 14.3 Å². The molecule has 3 rings (SSSR count). The molecule has 2 heterocycles. The van der Waals surface area contributed by atoms with Gasteiger partial charge in [-0.3, -0.25) is 4.79 Å². The van der Waals surface area contributed by atoms with Crippen molar-refractivity contribution in [3.8, 4) is 0 Å². The summed E-state index contributed by atoms with van der Waals surface area (Å²) in [5.41, 5.74) is 2.46. The van der Waals surface area contributed by atoms with Gasteiger partial charge in [0.2, 0.25) is 11.0 Å². The summed E-state index contributed by atoms with van der Waals surface area (Å²) in [5, 5.41) is 0.891. The maximum absolute atomic E-state index is 12.4. The molecule has 1 saturated heterocycles. The number of hydrogen-bond donors (Lipinski definition) is 0. The summed E-state index contributed by atoms with van der Waals surface area (Å²) < 4.78 is 9.85. The standard InChI is InChI=1S/C20H28N4O2S/c1-15(2)24(9-8-19(25)23-10-12-26-13-11-23)20-21-18(22-27-20)14-17-6-4-16(3)5-7-17/h4-7,15H,8-14H2,1-3H3. The fraction of sp³-hybridized carbons (Fsp3) is 0.550. The molecule has 1 aliphatic heterocycles. The number of aromatic nitrogens is 2. The normalized spacial score (nSPS) is 14.6. The van der Waals surface area contributed by atoms with Crippen LogP contribution in [0.5, 0.6) is 0 Å². The smallest absolute Gasteiger partial charge is 0.224 e. The average Bonchev–Trinajstić information content (AvgIpc) is 3.12. The molecule has 1 aliphatic rings. The van der Waals surface area contributed by atoms with E-state index < -0.39 is 0 Å². The van der Waals surface area contributed by atoms with Crippen LogP contribution in [0.3, 0.4) is 0 Å². The number of nitrogens with zero attached hydrogens (tertiary/aromatic N) is 4. The van der Waals surface area contributed by atoms with Crippen molar-refractivity contribution >= 4 is 22.6 Å². The average molecular weight is 389 g/mol. The van der Waals surface area contributed by atoms with Gasteiger partial charge in [-0.15, -0.1) is 0 Å². The van der Waals surface area contributed by atoms with Crippen molar-refractivity contribution in [2.45, 2.75) is 39.7 Å². The second kappa shape index (κ2) is 9.28. The van der Waals surface area contributed by atoms with Crippen molar-refractivity contribution in [3.05, 3.63) is 41.2 Å². The summed E-state index contributed by atoms with van der Waals surface area (Å²) in [4.78, 5) is 21.2. The van der Waals surface area contributed by atoms with E-state index in [2.05, 4.69) is 54.3 Å². The first-order chi connectivity index (χ1) is 13.0. The molecule has 0 saturated carbocycles. The largest absolute Gasteiger partial charge is 0.378 e. The Balaban J connectivity index is 1.60. The first-order valence-electron chi connectivity index (χ1n) is 9.53. The first kappa shape index (κ1) is 19.8. The third-order valence-corrected chi connectivity index (χ3v) is 5.53. The van der Waals surface area contributed by atoms with Crippen molar-refractivity contribution in [1.29, 1.82) is 0 Å². The third kappa shape index (κ3) is 5.49. The molecular formula is C20H28N4O2S. The maximum Gasteiger partial charge on any atom is 0.224 e. The molecule has 2 aromatic rings. The van der Waals surface area contributed by atoms with E-state index in [1.807, 2.05) is 4.90 Å². The number of aryl methyl sites for hydroxylation is 1. The number of amides is 1. The van der Waals surface area contributed by atoms with Gasteiger partial charge < -0.3 is 14.5 Å². The molecule has 0 bridgehead atoms. The number of ether oxygens (including phenoxy) is 1. The lowest BCUT2D eigenvalue weighted by atomic mass is 10.1. The predicted molar refractivity (Wildman–Crippen MR) is 108 cm³/mol. The highest BCUT2D eigenvalue weighted by molar-refractivity contribution is 7.09. The van der Waals surface area contributed by atoms with Crippen molar-refractivity contribution in [2.75, 3.05) is 37.7 Å². The lowest BCUT2D eigenvalue weighted by Gasteiger charge is -2.29. The van der Waals surface area contributed by atoms with Crippen LogP contribution in [0.2, 0.25) is 0 Å². The Morgan fingerprint density at radius 3 is 2.63 bits per heavy atom. The Hall–Kier alpha value is -1.99. The Bertz CT molecular complexity index is 739. The topological polar surface area (TPSA) is 58.6 Å². The Labute approximate surface area is 165 Å². The molecule has 0 spiro atoms. The molecule has 0 atom stereocenters. The van der Waals surface area contributed by atoms with Crippen LogP contribution in [0.4, 0.5) is 5.13 Å². The monoisotopic (exact) mass is 388 g/mol. The van der Waals surface area contributed by atoms with E-state index in [1.165, 1.54) is 22.7 Å². The number of rotatable bonds is 7. The molecule has 1 fully saturated rings. The molecule has 0 aliphatic carbocycles. The van der Waals surface area contributed by atoms with E-state index in [9.17, 15) is 4.79 Å². The molecule has 146 valence electrons. The van der Waals surface area contributed by atoms with E-state index in [0.717, 1.165) is 17.4 Å². The minimum atomic E-state index is 0.188. The maximum atomic E-state index is 12.4. The van der Waals surface area contributed by atoms with Crippen LogP contribution < -0.4 is 4.90 Å². The van der Waals surface area contributed by atoms with Gasteiger partial charge in [-0.1, -0.05) is 29.8 Å². The zero-order valence-corrected chi connectivity index (χ0v) is 17.2. The molecule has 6 nitrogen and oxygen atoms in total. The van der Waals surface area contributed by atoms with Gasteiger partial charge in [0.25, 0.3) is 0 Å². The quantitative estimate of drug-likeness (QED) is 0.730. The van der Waals surface area contributed by atoms with Gasteiger partial charge in [0, 0.05) is 50.1 Å². The SMILES string of the molecule is Cc1ccc(Cc2nsc(N(CCC(=O)N3CCOCC3)C(C)C)n2)cc1. The Morgan fingerprint density at radius 2 is 1.96 bits per heavy atom. The van der Waals surface area contributed by atoms with Gasteiger partial charge in [0.05, 0.1) is 13.2 Å². The van der Waals surface area contributed by atoms with Crippen LogP contribution in [0.25, 0.3) is 0 Å². The van der Waals surface area contributed by atoms with Gasteiger partial charge in [0.15, 0.2) is 0 Å². The van der Waals surface area contributed by atoms with Crippen molar-refractivity contribution in [3.63, 3.8) is 0 Å². The number of anilines is 1. The van der Waals surface area contributed by atoms with E-state index in [-0.39, 0.29) is 11.9 Å². The summed E-state index contributed by atoms with van der Waals surface area (Å²) >= 11 is 1.42. The molecule has 1 aromatic carbocycles. The van der Waals surface area contributed by atoms with Gasteiger partial charge in [-0.05, 0) is 26.3 Å². The highest BCUT2D eigenvalue weighted by atomic mass is 32.1. The number of benzene rings is 1. The Kier molecular flexibility index (Phi) is 6.79. The lowest BCUT2D eigenvalue weighted by Crippen LogP contribution is -2.42. The van der Waals surface area contributed by atoms with E-state index in [0.29, 0.717) is 39.3 Å². The highest BCUT2D eigenvalue weighted by Gasteiger charge is 2.21. The molecule has 0 unspecified atom stereocenters. The molecule has 7 heteroatoms. The summed E-state index contributed by atoms with van der Waals surface area (Å²) in [6.45, 7) is 9.66. The highest BCUT2D eigenvalue weighted by Crippen LogP contribution is 2.22. The zero-order valence-electron chi connectivity index (χ0n) is 16.4. The number of carbonyl (C=O) groups is 1. The van der Waals surface area contributed by atoms with Crippen LogP contribution in [-0.2, 0) is 16.0 Å². The van der Waals surface area contributed by atoms with Gasteiger partial charge in [-0.25, -0.2) is 4.98 Å². The van der Waals surface area contributed by atoms with Crippen LogP contribution in [0, 0.1) is 6.92 Å². The summed E-state index contributed by atoms with van der Waals surface area (Å²) in [6, 6.07) is 8.73. The first-order valence-corrected chi connectivity index (χ1v) is 10.3. The van der Waals surface area contributed by atoms with Crippen LogP contribution >= 0.6 is 11.5 Å². The molecule has 0 N–H and O–H groups in total. The van der Waals surface area contributed by atoms with Crippen molar-refractivity contribution in [2.24, 2.45) is 0 Å². The molecule has 1 aromatic heterocycles. The molecule has 27 heavy (non-hydrogen) atoms. The fourth-order valence-corrected chi connectivity index (χ4v) is 3.93. The Morgan fingerprint density at radius 1 is 1.26 bits per heavy atom. The minimum absolute atomic E-state index is 0.188. The van der Waals surface area contributed by atoms with Crippen molar-refractivity contribution < 1.29 is 9.53 Å². The third-order valence-electron chi connectivity index (χ3n) is 4.74. The molecular weight excluding hydrogens is 360 g/mol. The van der Waals surface area contributed by atoms with Gasteiger partial charge in [0.1, 0.15) is 5.82 Å². The van der Waals surface area contributed by atoms with Crippen LogP contribution in [0.15, 0.2) is 24.3 Å². The predicted octanol–water partition coefficient (Wildman–Crippen LogP) is 2.90. The number of hydrogen-bond acceptors (Lipinski definition) is 6. The summed E-state index contributed by atoms with van der Waals surface area (Å²) in [6.07, 6.45) is 1.22. The summed E-state index contributed by atoms with van der Waals surface area (Å²) in [7, 11) is 0. The van der Waals surface area contributed by atoms with Crippen LogP contribution in [-0.4, -0.2) is 59.1 Å². The number of morpholine rings is 1. The lowest BCUT2D eigenvalue weighted by molar-refractivity contribution is -0.135.